The molecule has 1 saturated heterocycles. The molecule has 4 rings (SSSR count). The summed E-state index contributed by atoms with van der Waals surface area (Å²) in [6, 6.07) is 8.82. The number of carbonyl (C=O) groups excluding carboxylic acids is 2. The van der Waals surface area contributed by atoms with Crippen LogP contribution in [0.1, 0.15) is 16.2 Å². The van der Waals surface area contributed by atoms with Crippen LogP contribution in [0, 0.1) is 12.8 Å². The van der Waals surface area contributed by atoms with Crippen LogP contribution >= 0.6 is 0 Å². The Morgan fingerprint density at radius 1 is 1.13 bits per heavy atom. The molecule has 2 aromatic heterocycles. The Kier molecular flexibility index (Phi) is 5.38. The molecule has 1 aliphatic heterocycles. The largest absolute Gasteiger partial charge is 0.361 e. The average Bonchev–Trinajstić information content (AvgIpc) is 3.14. The minimum absolute atomic E-state index is 0.00118. The van der Waals surface area contributed by atoms with Gasteiger partial charge in [0.25, 0.3) is 15.9 Å². The van der Waals surface area contributed by atoms with E-state index in [4.69, 9.17) is 4.52 Å². The van der Waals surface area contributed by atoms with Gasteiger partial charge in [0.1, 0.15) is 5.76 Å². The van der Waals surface area contributed by atoms with E-state index < -0.39 is 10.0 Å². The Labute approximate surface area is 177 Å². The molecule has 0 saturated carbocycles. The maximum absolute atomic E-state index is 12.4. The third kappa shape index (κ3) is 4.53. The fourth-order valence-electron chi connectivity index (χ4n) is 2.93. The number of aryl methyl sites for hydroxylation is 1. The Morgan fingerprint density at radius 3 is 2.42 bits per heavy atom. The van der Waals surface area contributed by atoms with E-state index in [-0.39, 0.29) is 47.4 Å². The predicted octanol–water partition coefficient (Wildman–Crippen LogP) is 1.28. The van der Waals surface area contributed by atoms with Gasteiger partial charge in [-0.25, -0.2) is 23.1 Å². The normalized spacial score (nSPS) is 14.0. The van der Waals surface area contributed by atoms with Crippen molar-refractivity contribution in [3.8, 4) is 0 Å². The lowest BCUT2D eigenvalue weighted by atomic mass is 9.98. The molecular formula is C19H18N6O5S. The van der Waals surface area contributed by atoms with Crippen LogP contribution in [-0.4, -0.2) is 53.3 Å². The molecule has 2 N–H and O–H groups in total. The van der Waals surface area contributed by atoms with Gasteiger partial charge in [-0.1, -0.05) is 5.16 Å². The molecule has 31 heavy (non-hydrogen) atoms. The molecule has 3 aromatic rings. The molecule has 0 spiro atoms. The minimum atomic E-state index is -3.86. The maximum Gasteiger partial charge on any atom is 0.276 e. The van der Waals surface area contributed by atoms with E-state index in [2.05, 4.69) is 25.2 Å². The molecule has 1 aliphatic rings. The van der Waals surface area contributed by atoms with Crippen LogP contribution in [0.5, 0.6) is 0 Å². The van der Waals surface area contributed by atoms with Gasteiger partial charge >= 0.3 is 0 Å². The lowest BCUT2D eigenvalue weighted by Gasteiger charge is -2.37. The van der Waals surface area contributed by atoms with Crippen LogP contribution in [-0.2, 0) is 14.8 Å². The minimum Gasteiger partial charge on any atom is -0.361 e. The van der Waals surface area contributed by atoms with Crippen molar-refractivity contribution in [2.75, 3.05) is 23.1 Å². The van der Waals surface area contributed by atoms with Gasteiger partial charge in [0.15, 0.2) is 5.69 Å². The lowest BCUT2D eigenvalue weighted by Crippen LogP contribution is -2.54. The van der Waals surface area contributed by atoms with Crippen LogP contribution in [0.25, 0.3) is 0 Å². The van der Waals surface area contributed by atoms with E-state index in [1.165, 1.54) is 41.6 Å². The van der Waals surface area contributed by atoms with Crippen LogP contribution in [0.3, 0.4) is 0 Å². The van der Waals surface area contributed by atoms with Crippen molar-refractivity contribution < 1.29 is 22.5 Å². The van der Waals surface area contributed by atoms with Crippen molar-refractivity contribution in [2.45, 2.75) is 11.8 Å². The maximum atomic E-state index is 12.4. The molecule has 0 radical (unpaired) electrons. The number of likely N-dealkylation sites (tertiary alicyclic amines) is 1. The van der Waals surface area contributed by atoms with Gasteiger partial charge in [0.05, 0.1) is 10.8 Å². The summed E-state index contributed by atoms with van der Waals surface area (Å²) in [7, 11) is -3.86. The average molecular weight is 442 g/mol. The number of hydrogen-bond acceptors (Lipinski definition) is 8. The molecule has 1 aromatic carbocycles. The van der Waals surface area contributed by atoms with Crippen LogP contribution in [0.4, 0.5) is 11.6 Å². The number of benzene rings is 1. The Bertz CT molecular complexity index is 1200. The monoisotopic (exact) mass is 442 g/mol. The van der Waals surface area contributed by atoms with Gasteiger partial charge in [-0.05, 0) is 37.3 Å². The Balaban J connectivity index is 1.32. The standard InChI is InChI=1S/C19H18N6O5S/c1-12-9-16(23-30-12)18(27)25-10-13(11-25)17(26)22-14-3-5-15(6-4-14)31(28,29)24-19-20-7-2-8-21-19/h2-9,13H,10-11H2,1H3,(H,22,26)(H,20,21,24). The van der Waals surface area contributed by atoms with E-state index in [9.17, 15) is 18.0 Å². The molecule has 12 heteroatoms. The van der Waals surface area contributed by atoms with Crippen LogP contribution < -0.4 is 10.0 Å². The number of rotatable bonds is 6. The predicted molar refractivity (Wildman–Crippen MR) is 109 cm³/mol. The van der Waals surface area contributed by atoms with E-state index >= 15 is 0 Å². The molecule has 1 fully saturated rings. The first-order valence-electron chi connectivity index (χ1n) is 9.25. The second kappa shape index (κ2) is 8.14. The summed E-state index contributed by atoms with van der Waals surface area (Å²) in [5.41, 5.74) is 0.652. The van der Waals surface area contributed by atoms with E-state index in [1.807, 2.05) is 0 Å². The third-order valence-electron chi connectivity index (χ3n) is 4.61. The summed E-state index contributed by atoms with van der Waals surface area (Å²) in [6.45, 7) is 2.23. The summed E-state index contributed by atoms with van der Waals surface area (Å²) < 4.78 is 31.9. The van der Waals surface area contributed by atoms with Gasteiger partial charge in [0.2, 0.25) is 11.9 Å². The van der Waals surface area contributed by atoms with Crippen LogP contribution in [0.15, 0.2) is 58.2 Å². The Hall–Kier alpha value is -3.80. The zero-order valence-corrected chi connectivity index (χ0v) is 17.2. The molecule has 11 nitrogen and oxygen atoms in total. The number of nitrogens with zero attached hydrogens (tertiary/aromatic N) is 4. The number of sulfonamides is 1. The molecule has 160 valence electrons. The summed E-state index contributed by atoms with van der Waals surface area (Å²) in [6.07, 6.45) is 2.84. The molecule has 3 heterocycles. The Morgan fingerprint density at radius 2 is 1.81 bits per heavy atom. The molecular weight excluding hydrogens is 424 g/mol. The van der Waals surface area contributed by atoms with Crippen molar-refractivity contribution in [2.24, 2.45) is 5.92 Å². The fraction of sp³-hybridized carbons (Fsp3) is 0.211. The number of hydrogen-bond donors (Lipinski definition) is 2. The van der Waals surface area contributed by atoms with Crippen LogP contribution in [0.2, 0.25) is 0 Å². The smallest absolute Gasteiger partial charge is 0.276 e. The number of carbonyl (C=O) groups is 2. The summed E-state index contributed by atoms with van der Waals surface area (Å²) in [5, 5.41) is 6.41. The van der Waals surface area contributed by atoms with Crippen molar-refractivity contribution in [3.63, 3.8) is 0 Å². The summed E-state index contributed by atoms with van der Waals surface area (Å²) in [4.78, 5) is 33.8. The van der Waals surface area contributed by atoms with Crippen molar-refractivity contribution in [1.82, 2.24) is 20.0 Å². The zero-order chi connectivity index (χ0) is 22.0. The van der Waals surface area contributed by atoms with Crippen molar-refractivity contribution in [3.05, 3.63) is 60.2 Å². The highest BCUT2D eigenvalue weighted by Crippen LogP contribution is 2.22. The molecule has 0 unspecified atom stereocenters. The second-order valence-electron chi connectivity index (χ2n) is 6.92. The van der Waals surface area contributed by atoms with E-state index in [0.29, 0.717) is 11.4 Å². The lowest BCUT2D eigenvalue weighted by molar-refractivity contribution is -0.123. The summed E-state index contributed by atoms with van der Waals surface area (Å²) >= 11 is 0. The fourth-order valence-corrected chi connectivity index (χ4v) is 3.89. The van der Waals surface area contributed by atoms with E-state index in [0.717, 1.165) is 0 Å². The zero-order valence-electron chi connectivity index (χ0n) is 16.3. The molecule has 0 bridgehead atoms. The van der Waals surface area contributed by atoms with Crippen molar-refractivity contribution in [1.29, 1.82) is 0 Å². The third-order valence-corrected chi connectivity index (χ3v) is 5.95. The first-order chi connectivity index (χ1) is 14.8. The summed E-state index contributed by atoms with van der Waals surface area (Å²) in [5.74, 6) is -0.408. The highest BCUT2D eigenvalue weighted by molar-refractivity contribution is 7.92. The highest BCUT2D eigenvalue weighted by Gasteiger charge is 2.37. The van der Waals surface area contributed by atoms with Gasteiger partial charge in [-0.3, -0.25) is 9.59 Å². The quantitative estimate of drug-likeness (QED) is 0.580. The molecule has 0 atom stereocenters. The molecule has 0 aliphatic carbocycles. The van der Waals surface area contributed by atoms with Gasteiger partial charge < -0.3 is 14.7 Å². The van der Waals surface area contributed by atoms with Crippen molar-refractivity contribution >= 4 is 33.5 Å². The molecule has 2 amide bonds. The second-order valence-corrected chi connectivity index (χ2v) is 8.60. The van der Waals surface area contributed by atoms with E-state index in [1.54, 1.807) is 19.1 Å². The highest BCUT2D eigenvalue weighted by atomic mass is 32.2. The first kappa shape index (κ1) is 20.5. The topological polar surface area (TPSA) is 147 Å². The number of nitrogens with one attached hydrogen (secondary N) is 2. The van der Waals surface area contributed by atoms with Gasteiger partial charge in [-0.15, -0.1) is 0 Å². The van der Waals surface area contributed by atoms with Gasteiger partial charge in [-0.2, -0.15) is 0 Å². The number of aromatic nitrogens is 3. The van der Waals surface area contributed by atoms with Gasteiger partial charge in [0, 0.05) is 37.2 Å². The SMILES string of the molecule is Cc1cc(C(=O)N2CC(C(=O)Nc3ccc(S(=O)(=O)Nc4ncccn4)cc3)C2)no1. The first-order valence-corrected chi connectivity index (χ1v) is 10.7. The number of amides is 2. The number of anilines is 2.